The van der Waals surface area contributed by atoms with Crippen molar-refractivity contribution in [2.75, 3.05) is 0 Å². The van der Waals surface area contributed by atoms with Crippen LogP contribution in [0.15, 0.2) is 18.2 Å². The van der Waals surface area contributed by atoms with Crippen LogP contribution in [0.1, 0.15) is 21.7 Å². The standard InChI is InChI=1S/C12H10Cl2N2O/c1-7-12(14)8(2)16(15-7)10-4-3-9(6-17)11(13)5-10/h3-6H,1-2H3. The summed E-state index contributed by atoms with van der Waals surface area (Å²) >= 11 is 12.0. The van der Waals surface area contributed by atoms with Crippen molar-refractivity contribution >= 4 is 29.5 Å². The maximum atomic E-state index is 10.7. The van der Waals surface area contributed by atoms with Crippen molar-refractivity contribution in [3.05, 3.63) is 45.2 Å². The second kappa shape index (κ2) is 4.51. The van der Waals surface area contributed by atoms with Crippen LogP contribution < -0.4 is 0 Å². The number of aromatic nitrogens is 2. The van der Waals surface area contributed by atoms with E-state index in [2.05, 4.69) is 5.10 Å². The highest BCUT2D eigenvalue weighted by molar-refractivity contribution is 6.33. The Kier molecular flexibility index (Phi) is 3.22. The molecule has 17 heavy (non-hydrogen) atoms. The molecule has 3 nitrogen and oxygen atoms in total. The summed E-state index contributed by atoms with van der Waals surface area (Å²) in [6, 6.07) is 5.14. The molecule has 0 atom stereocenters. The smallest absolute Gasteiger partial charge is 0.151 e. The molecule has 0 aliphatic rings. The Morgan fingerprint density at radius 1 is 1.29 bits per heavy atom. The van der Waals surface area contributed by atoms with Gasteiger partial charge in [0.1, 0.15) is 0 Å². The number of aryl methyl sites for hydroxylation is 1. The number of benzene rings is 1. The molecule has 2 rings (SSSR count). The zero-order chi connectivity index (χ0) is 12.6. The average molecular weight is 269 g/mol. The normalized spacial score (nSPS) is 10.6. The predicted octanol–water partition coefficient (Wildman–Crippen LogP) is 3.61. The monoisotopic (exact) mass is 268 g/mol. The first-order valence-corrected chi connectivity index (χ1v) is 5.77. The van der Waals surface area contributed by atoms with E-state index >= 15 is 0 Å². The third kappa shape index (κ3) is 2.08. The molecule has 0 aliphatic heterocycles. The number of carbonyl (C=O) groups excluding carboxylic acids is 1. The van der Waals surface area contributed by atoms with Crippen LogP contribution in [0.3, 0.4) is 0 Å². The molecule has 0 radical (unpaired) electrons. The number of halogens is 2. The van der Waals surface area contributed by atoms with E-state index < -0.39 is 0 Å². The van der Waals surface area contributed by atoms with Crippen LogP contribution in [0.2, 0.25) is 10.0 Å². The van der Waals surface area contributed by atoms with E-state index in [4.69, 9.17) is 23.2 Å². The van der Waals surface area contributed by atoms with Crippen LogP contribution >= 0.6 is 23.2 Å². The Morgan fingerprint density at radius 2 is 2.00 bits per heavy atom. The second-order valence-corrected chi connectivity index (χ2v) is 4.51. The molecular formula is C12H10Cl2N2O. The summed E-state index contributed by atoms with van der Waals surface area (Å²) in [6.45, 7) is 3.72. The number of carbonyl (C=O) groups is 1. The van der Waals surface area contributed by atoms with E-state index in [0.717, 1.165) is 23.4 Å². The fraction of sp³-hybridized carbons (Fsp3) is 0.167. The number of rotatable bonds is 2. The van der Waals surface area contributed by atoms with Gasteiger partial charge in [-0.3, -0.25) is 4.79 Å². The number of aldehydes is 1. The summed E-state index contributed by atoms with van der Waals surface area (Å²) in [4.78, 5) is 10.7. The molecule has 1 aromatic heterocycles. The first-order valence-electron chi connectivity index (χ1n) is 5.01. The maximum Gasteiger partial charge on any atom is 0.151 e. The topological polar surface area (TPSA) is 34.9 Å². The van der Waals surface area contributed by atoms with Gasteiger partial charge in [-0.2, -0.15) is 5.10 Å². The van der Waals surface area contributed by atoms with Crippen molar-refractivity contribution in [2.24, 2.45) is 0 Å². The molecule has 2 aromatic rings. The zero-order valence-electron chi connectivity index (χ0n) is 9.37. The summed E-state index contributed by atoms with van der Waals surface area (Å²) in [5, 5.41) is 5.36. The van der Waals surface area contributed by atoms with Crippen molar-refractivity contribution in [3.63, 3.8) is 0 Å². The first kappa shape index (κ1) is 12.1. The molecule has 1 aromatic carbocycles. The molecule has 5 heteroatoms. The van der Waals surface area contributed by atoms with Crippen molar-refractivity contribution in [1.29, 1.82) is 0 Å². The number of hydrogen-bond donors (Lipinski definition) is 0. The second-order valence-electron chi connectivity index (χ2n) is 3.72. The van der Waals surface area contributed by atoms with Gasteiger partial charge in [-0.1, -0.05) is 23.2 Å². The Bertz CT molecular complexity index is 590. The minimum absolute atomic E-state index is 0.404. The molecule has 0 spiro atoms. The van der Waals surface area contributed by atoms with E-state index in [-0.39, 0.29) is 0 Å². The summed E-state index contributed by atoms with van der Waals surface area (Å²) in [5.74, 6) is 0. The molecule has 0 bridgehead atoms. The molecular weight excluding hydrogens is 259 g/mol. The molecule has 0 N–H and O–H groups in total. The maximum absolute atomic E-state index is 10.7. The molecule has 0 amide bonds. The number of nitrogens with zero attached hydrogens (tertiary/aromatic N) is 2. The van der Waals surface area contributed by atoms with Gasteiger partial charge in [0.15, 0.2) is 6.29 Å². The van der Waals surface area contributed by atoms with E-state index in [1.807, 2.05) is 13.8 Å². The lowest BCUT2D eigenvalue weighted by Crippen LogP contribution is -1.99. The molecule has 0 saturated carbocycles. The fourth-order valence-electron chi connectivity index (χ4n) is 1.62. The van der Waals surface area contributed by atoms with Crippen molar-refractivity contribution in [3.8, 4) is 5.69 Å². The molecule has 1 heterocycles. The van der Waals surface area contributed by atoms with E-state index in [1.54, 1.807) is 22.9 Å². The van der Waals surface area contributed by atoms with Crippen LogP contribution in [0.25, 0.3) is 5.69 Å². The minimum atomic E-state index is 0.404. The Labute approximate surface area is 109 Å². The highest BCUT2D eigenvalue weighted by atomic mass is 35.5. The van der Waals surface area contributed by atoms with Gasteiger partial charge < -0.3 is 0 Å². The zero-order valence-corrected chi connectivity index (χ0v) is 10.9. The van der Waals surface area contributed by atoms with E-state index in [1.165, 1.54) is 0 Å². The number of hydrogen-bond acceptors (Lipinski definition) is 2. The highest BCUT2D eigenvalue weighted by Gasteiger charge is 2.11. The van der Waals surface area contributed by atoms with Crippen molar-refractivity contribution < 1.29 is 4.79 Å². The summed E-state index contributed by atoms with van der Waals surface area (Å²) < 4.78 is 1.71. The lowest BCUT2D eigenvalue weighted by molar-refractivity contribution is 0.112. The van der Waals surface area contributed by atoms with Gasteiger partial charge in [-0.05, 0) is 32.0 Å². The van der Waals surface area contributed by atoms with Gasteiger partial charge in [-0.25, -0.2) is 4.68 Å². The lowest BCUT2D eigenvalue weighted by Gasteiger charge is -2.05. The van der Waals surface area contributed by atoms with Crippen molar-refractivity contribution in [2.45, 2.75) is 13.8 Å². The molecule has 0 unspecified atom stereocenters. The molecule has 0 aliphatic carbocycles. The Balaban J connectivity index is 2.57. The third-order valence-electron chi connectivity index (χ3n) is 2.56. The first-order chi connectivity index (χ1) is 8.04. The summed E-state index contributed by atoms with van der Waals surface area (Å²) in [5.41, 5.74) is 2.86. The average Bonchev–Trinajstić information content (AvgIpc) is 2.57. The Morgan fingerprint density at radius 3 is 2.47 bits per heavy atom. The highest BCUT2D eigenvalue weighted by Crippen LogP contribution is 2.24. The summed E-state index contributed by atoms with van der Waals surface area (Å²) in [6.07, 6.45) is 0.723. The van der Waals surface area contributed by atoms with Crippen LogP contribution in [-0.4, -0.2) is 16.1 Å². The van der Waals surface area contributed by atoms with Gasteiger partial charge in [0.05, 0.1) is 27.1 Å². The van der Waals surface area contributed by atoms with Gasteiger partial charge in [-0.15, -0.1) is 0 Å². The van der Waals surface area contributed by atoms with E-state index in [9.17, 15) is 4.79 Å². The molecule has 0 fully saturated rings. The Hall–Kier alpha value is -1.32. The van der Waals surface area contributed by atoms with Gasteiger partial charge in [0, 0.05) is 5.56 Å². The largest absolute Gasteiger partial charge is 0.298 e. The van der Waals surface area contributed by atoms with Crippen LogP contribution in [0.4, 0.5) is 0 Å². The predicted molar refractivity (Wildman–Crippen MR) is 68.4 cm³/mol. The SMILES string of the molecule is Cc1nn(-c2ccc(C=O)c(Cl)c2)c(C)c1Cl. The van der Waals surface area contributed by atoms with Crippen LogP contribution in [-0.2, 0) is 0 Å². The third-order valence-corrected chi connectivity index (χ3v) is 3.43. The lowest BCUT2D eigenvalue weighted by atomic mass is 10.2. The fourth-order valence-corrected chi connectivity index (χ4v) is 1.96. The van der Waals surface area contributed by atoms with Crippen LogP contribution in [0, 0.1) is 13.8 Å². The minimum Gasteiger partial charge on any atom is -0.298 e. The van der Waals surface area contributed by atoms with Crippen LogP contribution in [0.5, 0.6) is 0 Å². The molecule has 88 valence electrons. The summed E-state index contributed by atoms with van der Waals surface area (Å²) in [7, 11) is 0. The quantitative estimate of drug-likeness (QED) is 0.780. The van der Waals surface area contributed by atoms with E-state index in [0.29, 0.717) is 15.6 Å². The molecule has 0 saturated heterocycles. The van der Waals surface area contributed by atoms with Crippen molar-refractivity contribution in [1.82, 2.24) is 9.78 Å². The van der Waals surface area contributed by atoms with Gasteiger partial charge in [0.25, 0.3) is 0 Å². The van der Waals surface area contributed by atoms with Gasteiger partial charge in [0.2, 0.25) is 0 Å². The van der Waals surface area contributed by atoms with Gasteiger partial charge >= 0.3 is 0 Å².